The van der Waals surface area contributed by atoms with E-state index in [-0.39, 0.29) is 11.5 Å². The van der Waals surface area contributed by atoms with Gasteiger partial charge in [-0.1, -0.05) is 60.2 Å². The Labute approximate surface area is 166 Å². The van der Waals surface area contributed by atoms with Crippen LogP contribution in [0.4, 0.5) is 0 Å². The molecule has 4 heteroatoms. The third-order valence-electron chi connectivity index (χ3n) is 4.24. The number of benzene rings is 1. The lowest BCUT2D eigenvalue weighted by atomic mass is 10.2. The van der Waals surface area contributed by atoms with Crippen LogP contribution >= 0.6 is 0 Å². The van der Waals surface area contributed by atoms with E-state index in [0.29, 0.717) is 18.7 Å². The molecule has 2 N–H and O–H groups in total. The number of amides is 1. The van der Waals surface area contributed by atoms with E-state index in [1.807, 2.05) is 56.4 Å². The highest BCUT2D eigenvalue weighted by molar-refractivity contribution is 5.97. The van der Waals surface area contributed by atoms with Crippen LogP contribution in [0.2, 0.25) is 0 Å². The SMILES string of the molecule is C\C=C(C)/C=C\C(=C\O)C(=O)NC1=CCC(OCCc2ccccc2)=CC=C1. The van der Waals surface area contributed by atoms with Crippen molar-refractivity contribution in [3.05, 3.63) is 107 Å². The van der Waals surface area contributed by atoms with Crippen molar-refractivity contribution >= 4 is 5.91 Å². The first-order valence-corrected chi connectivity index (χ1v) is 9.33. The Kier molecular flexibility index (Phi) is 8.60. The third-order valence-corrected chi connectivity index (χ3v) is 4.24. The van der Waals surface area contributed by atoms with Crippen LogP contribution in [0.3, 0.4) is 0 Å². The van der Waals surface area contributed by atoms with Gasteiger partial charge in [0, 0.05) is 18.5 Å². The number of allylic oxidation sites excluding steroid dienone is 7. The van der Waals surface area contributed by atoms with Crippen molar-refractivity contribution in [2.24, 2.45) is 0 Å². The second-order valence-corrected chi connectivity index (χ2v) is 6.34. The van der Waals surface area contributed by atoms with Crippen LogP contribution in [0.5, 0.6) is 0 Å². The van der Waals surface area contributed by atoms with Gasteiger partial charge in [0.15, 0.2) is 0 Å². The molecule has 28 heavy (non-hydrogen) atoms. The Bertz CT molecular complexity index is 840. The van der Waals surface area contributed by atoms with Gasteiger partial charge >= 0.3 is 0 Å². The number of carbonyl (C=O) groups is 1. The van der Waals surface area contributed by atoms with E-state index in [0.717, 1.165) is 24.0 Å². The highest BCUT2D eigenvalue weighted by atomic mass is 16.5. The molecule has 2 rings (SSSR count). The molecule has 1 amide bonds. The van der Waals surface area contributed by atoms with Crippen molar-refractivity contribution in [1.82, 2.24) is 5.32 Å². The predicted octanol–water partition coefficient (Wildman–Crippen LogP) is 5.05. The summed E-state index contributed by atoms with van der Waals surface area (Å²) in [5, 5.41) is 12.1. The number of aliphatic hydroxyl groups is 1. The lowest BCUT2D eigenvalue weighted by Gasteiger charge is -2.09. The predicted molar refractivity (Wildman–Crippen MR) is 113 cm³/mol. The normalized spacial score (nSPS) is 15.1. The van der Waals surface area contributed by atoms with Gasteiger partial charge < -0.3 is 15.2 Å². The smallest absolute Gasteiger partial charge is 0.258 e. The Morgan fingerprint density at radius 2 is 2.04 bits per heavy atom. The molecule has 0 radical (unpaired) electrons. The zero-order valence-corrected chi connectivity index (χ0v) is 16.4. The molecule has 1 aromatic rings. The van der Waals surface area contributed by atoms with Gasteiger partial charge in [0.05, 0.1) is 24.2 Å². The lowest BCUT2D eigenvalue weighted by Crippen LogP contribution is -2.23. The van der Waals surface area contributed by atoms with Crippen molar-refractivity contribution in [3.8, 4) is 0 Å². The van der Waals surface area contributed by atoms with Gasteiger partial charge in [0.2, 0.25) is 0 Å². The molecule has 0 atom stereocenters. The molecule has 0 saturated heterocycles. The maximum atomic E-state index is 12.3. The standard InChI is InChI=1S/C24H27NO3/c1-3-19(2)12-13-21(18-26)24(27)25-22-10-7-11-23(15-14-22)28-17-16-20-8-5-4-6-9-20/h3-14,18,26H,15-17H2,1-2H3,(H,25,27)/b13-12-,19-3-,21-18-. The number of hydrogen-bond acceptors (Lipinski definition) is 3. The molecule has 0 aliphatic heterocycles. The van der Waals surface area contributed by atoms with Crippen molar-refractivity contribution in [2.75, 3.05) is 6.61 Å². The van der Waals surface area contributed by atoms with Gasteiger partial charge in [-0.3, -0.25) is 4.79 Å². The summed E-state index contributed by atoms with van der Waals surface area (Å²) in [6.07, 6.45) is 15.0. The minimum absolute atomic E-state index is 0.187. The fourth-order valence-corrected chi connectivity index (χ4v) is 2.45. The summed E-state index contributed by atoms with van der Waals surface area (Å²) in [7, 11) is 0. The second kappa shape index (κ2) is 11.4. The van der Waals surface area contributed by atoms with E-state index in [1.54, 1.807) is 18.2 Å². The largest absolute Gasteiger partial charge is 0.515 e. The molecule has 4 nitrogen and oxygen atoms in total. The summed E-state index contributed by atoms with van der Waals surface area (Å²) in [5.41, 5.74) is 3.09. The van der Waals surface area contributed by atoms with Crippen LogP contribution in [0.1, 0.15) is 25.8 Å². The zero-order chi connectivity index (χ0) is 20.2. The third kappa shape index (κ3) is 7.16. The van der Waals surface area contributed by atoms with Gasteiger partial charge in [-0.2, -0.15) is 0 Å². The molecular weight excluding hydrogens is 350 g/mol. The Morgan fingerprint density at radius 1 is 1.25 bits per heavy atom. The van der Waals surface area contributed by atoms with Crippen molar-refractivity contribution in [1.29, 1.82) is 0 Å². The Balaban J connectivity index is 1.86. The molecule has 0 bridgehead atoms. The maximum Gasteiger partial charge on any atom is 0.258 e. The fourth-order valence-electron chi connectivity index (χ4n) is 2.45. The first kappa shape index (κ1) is 21.0. The lowest BCUT2D eigenvalue weighted by molar-refractivity contribution is -0.116. The molecule has 1 aromatic carbocycles. The van der Waals surface area contributed by atoms with E-state index in [4.69, 9.17) is 4.74 Å². The summed E-state index contributed by atoms with van der Waals surface area (Å²) >= 11 is 0. The minimum Gasteiger partial charge on any atom is -0.515 e. The maximum absolute atomic E-state index is 12.3. The molecule has 0 saturated carbocycles. The summed E-state index contributed by atoms with van der Waals surface area (Å²) in [6.45, 7) is 4.44. The molecule has 146 valence electrons. The van der Waals surface area contributed by atoms with E-state index in [1.165, 1.54) is 5.56 Å². The molecule has 0 fully saturated rings. The molecule has 1 aliphatic rings. The minimum atomic E-state index is -0.369. The van der Waals surface area contributed by atoms with Crippen LogP contribution in [0.15, 0.2) is 102 Å². The van der Waals surface area contributed by atoms with Gasteiger partial charge in [-0.05, 0) is 37.6 Å². The second-order valence-electron chi connectivity index (χ2n) is 6.34. The fraction of sp³-hybridized carbons (Fsp3) is 0.208. The number of nitrogens with one attached hydrogen (secondary N) is 1. The number of rotatable bonds is 8. The average molecular weight is 377 g/mol. The summed E-state index contributed by atoms with van der Waals surface area (Å²) < 4.78 is 5.85. The van der Waals surface area contributed by atoms with Crippen LogP contribution in [0.25, 0.3) is 0 Å². The zero-order valence-electron chi connectivity index (χ0n) is 16.4. The van der Waals surface area contributed by atoms with Gasteiger partial charge in [-0.25, -0.2) is 0 Å². The van der Waals surface area contributed by atoms with Crippen molar-refractivity contribution in [2.45, 2.75) is 26.7 Å². The summed E-state index contributed by atoms with van der Waals surface area (Å²) in [4.78, 5) is 12.3. The molecular formula is C24H27NO3. The molecule has 0 heterocycles. The summed E-state index contributed by atoms with van der Waals surface area (Å²) in [6, 6.07) is 10.2. The van der Waals surface area contributed by atoms with Crippen molar-refractivity contribution in [3.63, 3.8) is 0 Å². The molecule has 0 spiro atoms. The number of carbonyl (C=O) groups excluding carboxylic acids is 1. The van der Waals surface area contributed by atoms with Gasteiger partial charge in [-0.15, -0.1) is 0 Å². The van der Waals surface area contributed by atoms with E-state index in [9.17, 15) is 9.90 Å². The van der Waals surface area contributed by atoms with Gasteiger partial charge in [0.25, 0.3) is 5.91 Å². The average Bonchev–Trinajstić information content (AvgIpc) is 2.94. The van der Waals surface area contributed by atoms with Crippen LogP contribution in [-0.4, -0.2) is 17.6 Å². The van der Waals surface area contributed by atoms with Crippen LogP contribution < -0.4 is 5.32 Å². The summed E-state index contributed by atoms with van der Waals surface area (Å²) in [5.74, 6) is 0.477. The topological polar surface area (TPSA) is 58.6 Å². The Morgan fingerprint density at radius 3 is 2.75 bits per heavy atom. The quantitative estimate of drug-likeness (QED) is 0.378. The van der Waals surface area contributed by atoms with Crippen LogP contribution in [-0.2, 0) is 16.0 Å². The van der Waals surface area contributed by atoms with Crippen LogP contribution in [0, 0.1) is 0 Å². The number of hydrogen-bond donors (Lipinski definition) is 2. The highest BCUT2D eigenvalue weighted by Crippen LogP contribution is 2.13. The van der Waals surface area contributed by atoms with Gasteiger partial charge in [0.1, 0.15) is 0 Å². The Hall–Kier alpha value is -3.27. The first-order valence-electron chi connectivity index (χ1n) is 9.33. The molecule has 1 aliphatic carbocycles. The first-order chi connectivity index (χ1) is 13.6. The van der Waals surface area contributed by atoms with E-state index < -0.39 is 0 Å². The van der Waals surface area contributed by atoms with E-state index in [2.05, 4.69) is 17.4 Å². The number of aliphatic hydroxyl groups excluding tert-OH is 1. The monoisotopic (exact) mass is 377 g/mol. The molecule has 0 unspecified atom stereocenters. The highest BCUT2D eigenvalue weighted by Gasteiger charge is 2.09. The molecule has 0 aromatic heterocycles. The van der Waals surface area contributed by atoms with Crippen molar-refractivity contribution < 1.29 is 14.6 Å². The van der Waals surface area contributed by atoms with E-state index >= 15 is 0 Å². The number of ether oxygens (including phenoxy) is 1.